The van der Waals surface area contributed by atoms with Gasteiger partial charge in [0.25, 0.3) is 0 Å². The van der Waals surface area contributed by atoms with Gasteiger partial charge >= 0.3 is 5.69 Å². The number of alkyl halides is 1. The Kier molecular flexibility index (Phi) is 2.95. The van der Waals surface area contributed by atoms with Crippen LogP contribution in [0.5, 0.6) is 0 Å². The summed E-state index contributed by atoms with van der Waals surface area (Å²) < 4.78 is 1.40. The van der Waals surface area contributed by atoms with Gasteiger partial charge in [0.1, 0.15) is 12.1 Å². The Morgan fingerprint density at radius 3 is 3.28 bits per heavy atom. The first kappa shape index (κ1) is 11.5. The molecule has 7 heteroatoms. The van der Waals surface area contributed by atoms with Gasteiger partial charge in [0.05, 0.1) is 0 Å². The molecular weight excluding hydrogens is 254 g/mol. The first-order valence-electron chi connectivity index (χ1n) is 6.01. The first-order chi connectivity index (χ1) is 8.78. The summed E-state index contributed by atoms with van der Waals surface area (Å²) in [5.74, 6) is 2.22. The van der Waals surface area contributed by atoms with Gasteiger partial charge in [-0.25, -0.2) is 19.3 Å². The maximum Gasteiger partial charge on any atom is 0.348 e. The molecule has 1 aliphatic heterocycles. The minimum Gasteiger partial charge on any atom is -0.356 e. The molecule has 3 rings (SSSR count). The SMILES string of the molecule is O=c1[nH]nc2cc(N3CCC(CCCl)C3)ncn12. The molecule has 0 saturated carbocycles. The van der Waals surface area contributed by atoms with E-state index in [1.807, 2.05) is 6.07 Å². The summed E-state index contributed by atoms with van der Waals surface area (Å²) in [4.78, 5) is 17.9. The van der Waals surface area contributed by atoms with Crippen molar-refractivity contribution in [2.75, 3.05) is 23.9 Å². The normalized spacial score (nSPS) is 19.8. The van der Waals surface area contributed by atoms with E-state index in [2.05, 4.69) is 20.1 Å². The molecule has 1 atom stereocenters. The van der Waals surface area contributed by atoms with Crippen molar-refractivity contribution in [1.82, 2.24) is 19.6 Å². The molecule has 0 aromatic carbocycles. The van der Waals surface area contributed by atoms with Crippen LogP contribution < -0.4 is 10.6 Å². The number of halogens is 1. The van der Waals surface area contributed by atoms with Crippen molar-refractivity contribution < 1.29 is 0 Å². The van der Waals surface area contributed by atoms with E-state index in [-0.39, 0.29) is 5.69 Å². The number of H-pyrrole nitrogens is 1. The highest BCUT2D eigenvalue weighted by Gasteiger charge is 2.23. The number of anilines is 1. The second kappa shape index (κ2) is 4.61. The van der Waals surface area contributed by atoms with E-state index in [1.165, 1.54) is 10.7 Å². The molecule has 1 saturated heterocycles. The Bertz CT molecular complexity index is 607. The molecule has 2 aromatic heterocycles. The molecule has 1 fully saturated rings. The third kappa shape index (κ3) is 1.96. The van der Waals surface area contributed by atoms with Crippen LogP contribution >= 0.6 is 11.6 Å². The van der Waals surface area contributed by atoms with Gasteiger partial charge in [0.15, 0.2) is 5.65 Å². The third-order valence-electron chi connectivity index (χ3n) is 3.42. The highest BCUT2D eigenvalue weighted by atomic mass is 35.5. The second-order valence-electron chi connectivity index (χ2n) is 4.58. The zero-order valence-electron chi connectivity index (χ0n) is 9.84. The van der Waals surface area contributed by atoms with Crippen LogP contribution in [0.2, 0.25) is 0 Å². The van der Waals surface area contributed by atoms with E-state index >= 15 is 0 Å². The molecule has 96 valence electrons. The second-order valence-corrected chi connectivity index (χ2v) is 4.96. The average molecular weight is 268 g/mol. The molecule has 18 heavy (non-hydrogen) atoms. The van der Waals surface area contributed by atoms with Crippen LogP contribution in [0.15, 0.2) is 17.2 Å². The van der Waals surface area contributed by atoms with Crippen LogP contribution in [0, 0.1) is 5.92 Å². The maximum absolute atomic E-state index is 11.3. The molecule has 0 amide bonds. The highest BCUT2D eigenvalue weighted by Crippen LogP contribution is 2.24. The maximum atomic E-state index is 11.3. The number of rotatable bonds is 3. The van der Waals surface area contributed by atoms with E-state index < -0.39 is 0 Å². The Hall–Kier alpha value is -1.56. The third-order valence-corrected chi connectivity index (χ3v) is 3.64. The fraction of sp³-hybridized carbons (Fsp3) is 0.545. The predicted molar refractivity (Wildman–Crippen MR) is 69.3 cm³/mol. The van der Waals surface area contributed by atoms with Gasteiger partial charge in [-0.2, -0.15) is 5.10 Å². The molecular formula is C11H14ClN5O. The zero-order chi connectivity index (χ0) is 12.5. The molecule has 2 aromatic rings. The van der Waals surface area contributed by atoms with Gasteiger partial charge in [-0.3, -0.25) is 0 Å². The lowest BCUT2D eigenvalue weighted by Crippen LogP contribution is -2.21. The number of aromatic nitrogens is 4. The summed E-state index contributed by atoms with van der Waals surface area (Å²) in [7, 11) is 0. The van der Waals surface area contributed by atoms with E-state index in [4.69, 9.17) is 11.6 Å². The number of aromatic amines is 1. The number of hydrogen-bond acceptors (Lipinski definition) is 4. The van der Waals surface area contributed by atoms with E-state index in [9.17, 15) is 4.79 Å². The van der Waals surface area contributed by atoms with Gasteiger partial charge in [-0.1, -0.05) is 0 Å². The highest BCUT2D eigenvalue weighted by molar-refractivity contribution is 6.17. The van der Waals surface area contributed by atoms with Crippen molar-refractivity contribution in [2.24, 2.45) is 5.92 Å². The van der Waals surface area contributed by atoms with Crippen molar-refractivity contribution >= 4 is 23.1 Å². The smallest absolute Gasteiger partial charge is 0.348 e. The summed E-state index contributed by atoms with van der Waals surface area (Å²) >= 11 is 5.77. The molecule has 0 bridgehead atoms. The Morgan fingerprint density at radius 1 is 1.56 bits per heavy atom. The molecule has 1 aliphatic rings. The topological polar surface area (TPSA) is 66.3 Å². The van der Waals surface area contributed by atoms with Crippen LogP contribution in [-0.2, 0) is 0 Å². The van der Waals surface area contributed by atoms with Crippen molar-refractivity contribution in [3.8, 4) is 0 Å². The predicted octanol–water partition coefficient (Wildman–Crippen LogP) is 0.873. The van der Waals surface area contributed by atoms with Crippen LogP contribution in [0.4, 0.5) is 5.82 Å². The van der Waals surface area contributed by atoms with Crippen LogP contribution in [0.25, 0.3) is 5.65 Å². The Balaban J connectivity index is 1.84. The quantitative estimate of drug-likeness (QED) is 0.838. The van der Waals surface area contributed by atoms with Crippen molar-refractivity contribution in [3.63, 3.8) is 0 Å². The lowest BCUT2D eigenvalue weighted by molar-refractivity contribution is 0.572. The minimum absolute atomic E-state index is 0.259. The van der Waals surface area contributed by atoms with E-state index in [0.29, 0.717) is 17.4 Å². The molecule has 1 N–H and O–H groups in total. The zero-order valence-corrected chi connectivity index (χ0v) is 10.6. The van der Waals surface area contributed by atoms with Crippen molar-refractivity contribution in [2.45, 2.75) is 12.8 Å². The van der Waals surface area contributed by atoms with Gasteiger partial charge in [0, 0.05) is 25.0 Å². The van der Waals surface area contributed by atoms with Crippen LogP contribution in [0.3, 0.4) is 0 Å². The summed E-state index contributed by atoms with van der Waals surface area (Å²) in [6, 6.07) is 1.83. The summed E-state index contributed by atoms with van der Waals surface area (Å²) in [5.41, 5.74) is 0.344. The average Bonchev–Trinajstić information content (AvgIpc) is 2.97. The van der Waals surface area contributed by atoms with Crippen molar-refractivity contribution in [1.29, 1.82) is 0 Å². The fourth-order valence-corrected chi connectivity index (χ4v) is 2.71. The molecule has 0 radical (unpaired) electrons. The lowest BCUT2D eigenvalue weighted by atomic mass is 10.1. The summed E-state index contributed by atoms with van der Waals surface area (Å²) in [5, 5.41) is 6.35. The number of nitrogens with zero attached hydrogens (tertiary/aromatic N) is 4. The minimum atomic E-state index is -0.259. The lowest BCUT2D eigenvalue weighted by Gasteiger charge is -2.16. The summed E-state index contributed by atoms with van der Waals surface area (Å²) in [6.07, 6.45) is 3.71. The molecule has 1 unspecified atom stereocenters. The Labute approximate surface area is 109 Å². The van der Waals surface area contributed by atoms with E-state index in [0.717, 1.165) is 31.7 Å². The number of nitrogens with one attached hydrogen (secondary N) is 1. The van der Waals surface area contributed by atoms with Crippen LogP contribution in [-0.4, -0.2) is 38.6 Å². The van der Waals surface area contributed by atoms with E-state index in [1.54, 1.807) is 0 Å². The summed E-state index contributed by atoms with van der Waals surface area (Å²) in [6.45, 7) is 1.96. The molecule has 3 heterocycles. The van der Waals surface area contributed by atoms with Crippen LogP contribution in [0.1, 0.15) is 12.8 Å². The Morgan fingerprint density at radius 2 is 2.44 bits per heavy atom. The van der Waals surface area contributed by atoms with Crippen molar-refractivity contribution in [3.05, 3.63) is 22.9 Å². The largest absolute Gasteiger partial charge is 0.356 e. The number of fused-ring (bicyclic) bond motifs is 1. The molecule has 0 aliphatic carbocycles. The molecule has 0 spiro atoms. The van der Waals surface area contributed by atoms with Gasteiger partial charge in [-0.15, -0.1) is 11.6 Å². The fourth-order valence-electron chi connectivity index (χ4n) is 2.40. The first-order valence-corrected chi connectivity index (χ1v) is 6.55. The van der Waals surface area contributed by atoms with Gasteiger partial charge in [-0.05, 0) is 18.8 Å². The van der Waals surface area contributed by atoms with Gasteiger partial charge in [0.2, 0.25) is 0 Å². The monoisotopic (exact) mass is 267 g/mol. The van der Waals surface area contributed by atoms with Gasteiger partial charge < -0.3 is 4.90 Å². The molecule has 6 nitrogen and oxygen atoms in total. The standard InChI is InChI=1S/C11H14ClN5O/c12-3-1-8-2-4-16(6-8)9-5-10-14-15-11(18)17(10)7-13-9/h5,7-8H,1-4,6H2,(H,15,18). The number of hydrogen-bond donors (Lipinski definition) is 1.